The zero-order chi connectivity index (χ0) is 27.3. The minimum Gasteiger partial charge on any atom is -0.491 e. The molecule has 11 nitrogen and oxygen atoms in total. The summed E-state index contributed by atoms with van der Waals surface area (Å²) in [6, 6.07) is 7.76. The number of rotatable bonds is 10. The molecule has 1 aromatic heterocycles. The molecule has 3 N–H and O–H groups in total. The first-order valence-corrected chi connectivity index (χ1v) is 12.5. The zero-order valence-electron chi connectivity index (χ0n) is 22.2. The van der Waals surface area contributed by atoms with Crippen LogP contribution in [0.4, 0.5) is 4.79 Å². The molecule has 3 rings (SSSR count). The summed E-state index contributed by atoms with van der Waals surface area (Å²) in [5, 5.41) is 35.9. The van der Waals surface area contributed by atoms with Crippen LogP contribution < -0.4 is 9.47 Å². The fourth-order valence-electron chi connectivity index (χ4n) is 4.06. The van der Waals surface area contributed by atoms with Gasteiger partial charge in [-0.1, -0.05) is 12.1 Å². The highest BCUT2D eigenvalue weighted by atomic mass is 16.7. The Bertz CT molecular complexity index is 1020. The van der Waals surface area contributed by atoms with Gasteiger partial charge < -0.3 is 39.0 Å². The van der Waals surface area contributed by atoms with Gasteiger partial charge in [-0.15, -0.1) is 5.10 Å². The van der Waals surface area contributed by atoms with E-state index in [9.17, 15) is 20.1 Å². The number of ether oxygens (including phenoxy) is 5. The van der Waals surface area contributed by atoms with Crippen molar-refractivity contribution in [2.24, 2.45) is 0 Å². The molecule has 0 spiro atoms. The molecule has 1 saturated heterocycles. The highest BCUT2D eigenvalue weighted by Gasteiger charge is 2.46. The first-order chi connectivity index (χ1) is 17.5. The van der Waals surface area contributed by atoms with Crippen molar-refractivity contribution in [3.05, 3.63) is 41.1 Å². The quantitative estimate of drug-likeness (QED) is 0.399. The van der Waals surface area contributed by atoms with E-state index < -0.39 is 43.5 Å². The molecule has 0 unspecified atom stereocenters. The van der Waals surface area contributed by atoms with Crippen molar-refractivity contribution < 1.29 is 43.8 Å². The second-order valence-electron chi connectivity index (χ2n) is 9.52. The number of carbonyl (C=O) groups excluding carboxylic acids is 1. The van der Waals surface area contributed by atoms with Crippen molar-refractivity contribution in [1.82, 2.24) is 9.78 Å². The summed E-state index contributed by atoms with van der Waals surface area (Å²) in [7, 11) is 0. The number of hydrogen-bond acceptors (Lipinski definition) is 10. The zero-order valence-corrected chi connectivity index (χ0v) is 22.2. The van der Waals surface area contributed by atoms with Crippen molar-refractivity contribution in [2.45, 2.75) is 90.8 Å². The van der Waals surface area contributed by atoms with Crippen molar-refractivity contribution in [1.29, 1.82) is 0 Å². The molecule has 0 saturated carbocycles. The summed E-state index contributed by atoms with van der Waals surface area (Å²) in [5.41, 5.74) is 2.65. The Hall–Kier alpha value is -2.86. The van der Waals surface area contributed by atoms with Crippen LogP contribution in [-0.2, 0) is 20.6 Å². The smallest absolute Gasteiger partial charge is 0.491 e. The van der Waals surface area contributed by atoms with E-state index in [-0.39, 0.29) is 24.6 Å². The Morgan fingerprint density at radius 2 is 1.73 bits per heavy atom. The van der Waals surface area contributed by atoms with Crippen molar-refractivity contribution in [3.8, 4) is 11.6 Å². The highest BCUT2D eigenvalue weighted by Crippen LogP contribution is 2.31. The van der Waals surface area contributed by atoms with E-state index in [1.165, 1.54) is 0 Å². The van der Waals surface area contributed by atoms with Crippen LogP contribution in [0.25, 0.3) is 0 Å². The van der Waals surface area contributed by atoms with Crippen LogP contribution in [0.1, 0.15) is 57.5 Å². The molecule has 0 radical (unpaired) electrons. The third-order valence-corrected chi connectivity index (χ3v) is 5.93. The number of aliphatic hydroxyl groups is 3. The van der Waals surface area contributed by atoms with Gasteiger partial charge in [0.05, 0.1) is 12.7 Å². The second kappa shape index (κ2) is 12.6. The van der Waals surface area contributed by atoms with Gasteiger partial charge in [0.25, 0.3) is 0 Å². The minimum absolute atomic E-state index is 0.0354. The van der Waals surface area contributed by atoms with Gasteiger partial charge in [-0.3, -0.25) is 4.68 Å². The molecule has 1 aliphatic heterocycles. The number of aromatic nitrogens is 2. The van der Waals surface area contributed by atoms with E-state index >= 15 is 0 Å². The largest absolute Gasteiger partial charge is 0.508 e. The summed E-state index contributed by atoms with van der Waals surface area (Å²) < 4.78 is 28.9. The third kappa shape index (κ3) is 7.13. The standard InChI is InChI=1S/C26H38N2O9/c1-7-33-26(32)34-13-20-21(29)22(30)23(31)25(36-20)37-24-19(16(6)28(27-24)14(2)3)12-17-8-10-18(11-9-17)35-15(4)5/h8-11,14-15,20-23,25,29-31H,7,12-13H2,1-6H3/t20-,21-,22+,23-,25+/m1/s1. The molecule has 11 heteroatoms. The first-order valence-electron chi connectivity index (χ1n) is 12.5. The summed E-state index contributed by atoms with van der Waals surface area (Å²) in [6.07, 6.45) is -7.58. The van der Waals surface area contributed by atoms with Gasteiger partial charge in [-0.25, -0.2) is 4.79 Å². The van der Waals surface area contributed by atoms with E-state index in [4.69, 9.17) is 23.7 Å². The molecule has 1 fully saturated rings. The maximum atomic E-state index is 11.6. The normalized spacial score (nSPS) is 23.8. The number of aliphatic hydroxyl groups excluding tert-OH is 3. The molecule has 0 bridgehead atoms. The van der Waals surface area contributed by atoms with Crippen LogP contribution in [0.3, 0.4) is 0 Å². The molecule has 0 aliphatic carbocycles. The van der Waals surface area contributed by atoms with E-state index in [1.54, 1.807) is 6.92 Å². The summed E-state index contributed by atoms with van der Waals surface area (Å²) in [5.74, 6) is 0.999. The fraction of sp³-hybridized carbons (Fsp3) is 0.615. The van der Waals surface area contributed by atoms with Gasteiger partial charge >= 0.3 is 6.16 Å². The monoisotopic (exact) mass is 522 g/mol. The number of hydrogen-bond donors (Lipinski definition) is 3. The molecule has 2 heterocycles. The number of carbonyl (C=O) groups is 1. The molecule has 0 amide bonds. The Kier molecular flexibility index (Phi) is 9.77. The van der Waals surface area contributed by atoms with Gasteiger partial charge in [0.1, 0.15) is 36.8 Å². The Labute approximate surface area is 216 Å². The molecular weight excluding hydrogens is 484 g/mol. The third-order valence-electron chi connectivity index (χ3n) is 5.93. The molecule has 1 aliphatic rings. The number of nitrogens with zero attached hydrogens (tertiary/aromatic N) is 2. The Morgan fingerprint density at radius 3 is 2.32 bits per heavy atom. The van der Waals surface area contributed by atoms with E-state index in [0.29, 0.717) is 6.42 Å². The maximum Gasteiger partial charge on any atom is 0.508 e. The predicted octanol–water partition coefficient (Wildman–Crippen LogP) is 2.51. The maximum absolute atomic E-state index is 11.6. The van der Waals surface area contributed by atoms with Gasteiger partial charge in [0, 0.05) is 23.7 Å². The summed E-state index contributed by atoms with van der Waals surface area (Å²) >= 11 is 0. The topological polar surface area (TPSA) is 142 Å². The van der Waals surface area contributed by atoms with Crippen molar-refractivity contribution >= 4 is 6.16 Å². The Balaban J connectivity index is 1.82. The Morgan fingerprint density at radius 1 is 1.05 bits per heavy atom. The number of benzene rings is 1. The molecular formula is C26H38N2O9. The summed E-state index contributed by atoms with van der Waals surface area (Å²) in [4.78, 5) is 11.6. The molecule has 206 valence electrons. The molecule has 37 heavy (non-hydrogen) atoms. The van der Waals surface area contributed by atoms with Crippen LogP contribution in [0.5, 0.6) is 11.6 Å². The molecule has 5 atom stereocenters. The van der Waals surface area contributed by atoms with Crippen molar-refractivity contribution in [3.63, 3.8) is 0 Å². The lowest BCUT2D eigenvalue weighted by Gasteiger charge is -2.39. The van der Waals surface area contributed by atoms with E-state index in [0.717, 1.165) is 22.6 Å². The average molecular weight is 523 g/mol. The van der Waals surface area contributed by atoms with Gasteiger partial charge in [-0.05, 0) is 59.2 Å². The highest BCUT2D eigenvalue weighted by molar-refractivity contribution is 5.59. The van der Waals surface area contributed by atoms with Gasteiger partial charge in [0.15, 0.2) is 0 Å². The van der Waals surface area contributed by atoms with Crippen LogP contribution in [0.2, 0.25) is 0 Å². The lowest BCUT2D eigenvalue weighted by molar-refractivity contribution is -0.278. The summed E-state index contributed by atoms with van der Waals surface area (Å²) in [6.45, 7) is 11.2. The van der Waals surface area contributed by atoms with E-state index in [2.05, 4.69) is 5.10 Å². The van der Waals surface area contributed by atoms with E-state index in [1.807, 2.05) is 63.6 Å². The molecule has 2 aromatic rings. The van der Waals surface area contributed by atoms with Gasteiger partial charge in [-0.2, -0.15) is 0 Å². The van der Waals surface area contributed by atoms with Crippen LogP contribution in [0.15, 0.2) is 24.3 Å². The van der Waals surface area contributed by atoms with Crippen LogP contribution in [-0.4, -0.2) is 81.3 Å². The predicted molar refractivity (Wildman–Crippen MR) is 133 cm³/mol. The van der Waals surface area contributed by atoms with Crippen LogP contribution >= 0.6 is 0 Å². The molecule has 1 aromatic carbocycles. The minimum atomic E-state index is -1.60. The average Bonchev–Trinajstić information content (AvgIpc) is 3.14. The van der Waals surface area contributed by atoms with Gasteiger partial charge in [0.2, 0.25) is 12.2 Å². The first kappa shape index (κ1) is 28.7. The fourth-order valence-corrected chi connectivity index (χ4v) is 4.06. The van der Waals surface area contributed by atoms with Crippen LogP contribution in [0, 0.1) is 6.92 Å². The van der Waals surface area contributed by atoms with Crippen molar-refractivity contribution in [2.75, 3.05) is 13.2 Å². The second-order valence-corrected chi connectivity index (χ2v) is 9.52. The SMILES string of the molecule is CCOC(=O)OC[C@H]1O[C@@H](Oc2nn(C(C)C)c(C)c2Cc2ccc(OC(C)C)cc2)[C@H](O)[C@@H](O)[C@@H]1O. The lowest BCUT2D eigenvalue weighted by atomic mass is 9.99. The lowest BCUT2D eigenvalue weighted by Crippen LogP contribution is -2.60.